The Kier molecular flexibility index (Phi) is 6.84. The van der Waals surface area contributed by atoms with Crippen LogP contribution in [-0.4, -0.2) is 15.8 Å². The number of hydrogen-bond donors (Lipinski definition) is 0. The van der Waals surface area contributed by atoms with E-state index in [2.05, 4.69) is 70.8 Å². The lowest BCUT2D eigenvalue weighted by Gasteiger charge is -2.23. The Bertz CT molecular complexity index is 1370. The van der Waals surface area contributed by atoms with Gasteiger partial charge in [-0.1, -0.05) is 65.8 Å². The topological polar surface area (TPSA) is 42.9 Å². The Morgan fingerprint density at radius 2 is 1.37 bits per heavy atom. The molecule has 4 heteroatoms. The Morgan fingerprint density at radius 1 is 0.771 bits per heavy atom. The smallest absolute Gasteiger partial charge is 0.230 e. The Balaban J connectivity index is 2.07. The van der Waals surface area contributed by atoms with E-state index < -0.39 is 0 Å². The summed E-state index contributed by atoms with van der Waals surface area (Å²) in [5, 5.41) is 0.923. The molecule has 0 aliphatic carbocycles. The summed E-state index contributed by atoms with van der Waals surface area (Å²) in [6.45, 7) is 15.2. The van der Waals surface area contributed by atoms with Gasteiger partial charge >= 0.3 is 0 Å². The zero-order valence-corrected chi connectivity index (χ0v) is 21.6. The third kappa shape index (κ3) is 4.88. The summed E-state index contributed by atoms with van der Waals surface area (Å²) in [7, 11) is 0. The molecule has 0 spiro atoms. The maximum atomic E-state index is 13.5. The van der Waals surface area contributed by atoms with Gasteiger partial charge < -0.3 is 0 Å². The van der Waals surface area contributed by atoms with Crippen LogP contribution in [0.2, 0.25) is 0 Å². The van der Waals surface area contributed by atoms with Gasteiger partial charge in [0.2, 0.25) is 11.6 Å². The lowest BCUT2D eigenvalue weighted by Crippen LogP contribution is -2.11. The van der Waals surface area contributed by atoms with Crippen molar-refractivity contribution in [2.75, 3.05) is 0 Å². The number of fused-ring (bicyclic) bond motifs is 1. The molecule has 0 bridgehead atoms. The molecule has 0 aliphatic heterocycles. The van der Waals surface area contributed by atoms with Crippen molar-refractivity contribution in [1.82, 2.24) is 9.97 Å². The van der Waals surface area contributed by atoms with Crippen molar-refractivity contribution >= 4 is 16.7 Å². The zero-order chi connectivity index (χ0) is 25.4. The molecule has 4 rings (SSSR count). The molecule has 0 radical (unpaired) electrons. The second-order valence-electron chi connectivity index (χ2n) is 10.3. The molecule has 0 N–H and O–H groups in total. The van der Waals surface area contributed by atoms with Gasteiger partial charge in [0, 0.05) is 16.5 Å². The van der Waals surface area contributed by atoms with Gasteiger partial charge in [-0.15, -0.1) is 0 Å². The van der Waals surface area contributed by atoms with E-state index in [9.17, 15) is 9.18 Å². The van der Waals surface area contributed by atoms with Crippen LogP contribution < -0.4 is 0 Å². The molecular formula is C31H33FN2O. The predicted molar refractivity (Wildman–Crippen MR) is 142 cm³/mol. The molecule has 1 aromatic heterocycles. The summed E-state index contributed by atoms with van der Waals surface area (Å²) in [5.74, 6) is 0.374. The van der Waals surface area contributed by atoms with E-state index in [0.29, 0.717) is 11.5 Å². The zero-order valence-electron chi connectivity index (χ0n) is 21.6. The number of ketones is 1. The van der Waals surface area contributed by atoms with E-state index in [1.807, 2.05) is 13.0 Å². The minimum Gasteiger partial charge on any atom is -0.285 e. The minimum absolute atomic E-state index is 0.127. The highest BCUT2D eigenvalue weighted by Crippen LogP contribution is 2.40. The van der Waals surface area contributed by atoms with Crippen molar-refractivity contribution in [3.8, 4) is 11.3 Å². The Labute approximate surface area is 207 Å². The van der Waals surface area contributed by atoms with Crippen LogP contribution in [0.5, 0.6) is 0 Å². The van der Waals surface area contributed by atoms with Crippen LogP contribution >= 0.6 is 0 Å². The van der Waals surface area contributed by atoms with Gasteiger partial charge in [0.25, 0.3) is 0 Å². The SMILES string of the molecule is Cc1ccc2c(-c3c(C(C)C)cc(C(C)C)cc3C(C)C)nc(C(=O)c3ccc(F)cc3)nc2c1. The number of aryl methyl sites for hydroxylation is 1. The van der Waals surface area contributed by atoms with Crippen LogP contribution in [0, 0.1) is 12.7 Å². The maximum absolute atomic E-state index is 13.5. The third-order valence-corrected chi connectivity index (χ3v) is 6.53. The van der Waals surface area contributed by atoms with E-state index in [0.717, 1.165) is 27.7 Å². The molecule has 1 heterocycles. The van der Waals surface area contributed by atoms with Crippen LogP contribution in [0.1, 0.15) is 97.7 Å². The summed E-state index contributed by atoms with van der Waals surface area (Å²) in [6, 6.07) is 16.2. The van der Waals surface area contributed by atoms with Gasteiger partial charge in [-0.25, -0.2) is 14.4 Å². The number of carbonyl (C=O) groups is 1. The summed E-state index contributed by atoms with van der Waals surface area (Å²) in [6.07, 6.45) is 0. The first-order chi connectivity index (χ1) is 16.6. The third-order valence-electron chi connectivity index (χ3n) is 6.53. The van der Waals surface area contributed by atoms with Crippen LogP contribution in [0.3, 0.4) is 0 Å². The highest BCUT2D eigenvalue weighted by Gasteiger charge is 2.24. The first-order valence-electron chi connectivity index (χ1n) is 12.3. The van der Waals surface area contributed by atoms with Crippen LogP contribution in [0.15, 0.2) is 54.6 Å². The molecule has 4 aromatic rings. The lowest BCUT2D eigenvalue weighted by molar-refractivity contribution is 0.103. The highest BCUT2D eigenvalue weighted by molar-refractivity contribution is 6.08. The fraction of sp³-hybridized carbons (Fsp3) is 0.323. The molecule has 3 nitrogen and oxygen atoms in total. The number of halogens is 1. The van der Waals surface area contributed by atoms with Crippen LogP contribution in [0.25, 0.3) is 22.2 Å². The van der Waals surface area contributed by atoms with E-state index in [1.165, 1.54) is 41.0 Å². The number of carbonyl (C=O) groups excluding carboxylic acids is 1. The monoisotopic (exact) mass is 468 g/mol. The van der Waals surface area contributed by atoms with Gasteiger partial charge in [-0.05, 0) is 77.3 Å². The second kappa shape index (κ2) is 9.69. The Hall–Kier alpha value is -3.40. The summed E-state index contributed by atoms with van der Waals surface area (Å²) < 4.78 is 13.5. The number of hydrogen-bond acceptors (Lipinski definition) is 3. The van der Waals surface area contributed by atoms with Crippen molar-refractivity contribution in [1.29, 1.82) is 0 Å². The standard InChI is InChI=1S/C31H33FN2O/c1-17(2)22-15-25(18(3)4)28(26(16-22)19(5)6)29-24-13-8-20(7)14-27(24)33-31(34-29)30(35)21-9-11-23(32)12-10-21/h8-19H,1-7H3. The summed E-state index contributed by atoms with van der Waals surface area (Å²) in [5.41, 5.74) is 7.78. The van der Waals surface area contributed by atoms with Crippen molar-refractivity contribution in [2.24, 2.45) is 0 Å². The van der Waals surface area contributed by atoms with Crippen LogP contribution in [0.4, 0.5) is 4.39 Å². The van der Waals surface area contributed by atoms with Crippen molar-refractivity contribution in [3.05, 3.63) is 94.1 Å². The second-order valence-corrected chi connectivity index (χ2v) is 10.3. The van der Waals surface area contributed by atoms with E-state index in [1.54, 1.807) is 0 Å². The van der Waals surface area contributed by atoms with Gasteiger partial charge in [0.1, 0.15) is 5.82 Å². The molecule has 3 aromatic carbocycles. The van der Waals surface area contributed by atoms with E-state index in [-0.39, 0.29) is 29.3 Å². The molecule has 0 atom stereocenters. The molecule has 0 saturated carbocycles. The molecule has 0 saturated heterocycles. The molecule has 0 unspecified atom stereocenters. The predicted octanol–water partition coefficient (Wildman–Crippen LogP) is 8.35. The molecule has 35 heavy (non-hydrogen) atoms. The largest absolute Gasteiger partial charge is 0.285 e. The molecule has 0 aliphatic rings. The maximum Gasteiger partial charge on any atom is 0.230 e. The average Bonchev–Trinajstić information content (AvgIpc) is 2.82. The highest BCUT2D eigenvalue weighted by atomic mass is 19.1. The molecule has 0 amide bonds. The van der Waals surface area contributed by atoms with Gasteiger partial charge in [0.15, 0.2) is 0 Å². The quantitative estimate of drug-likeness (QED) is 0.267. The normalized spacial score (nSPS) is 11.7. The Morgan fingerprint density at radius 3 is 1.91 bits per heavy atom. The van der Waals surface area contributed by atoms with Crippen molar-refractivity contribution < 1.29 is 9.18 Å². The van der Waals surface area contributed by atoms with Gasteiger partial charge in [0.05, 0.1) is 11.2 Å². The number of nitrogens with zero attached hydrogens (tertiary/aromatic N) is 2. The first-order valence-corrected chi connectivity index (χ1v) is 12.3. The van der Waals surface area contributed by atoms with Crippen LogP contribution in [-0.2, 0) is 0 Å². The minimum atomic E-state index is -0.384. The van der Waals surface area contributed by atoms with Gasteiger partial charge in [-0.3, -0.25) is 4.79 Å². The lowest BCUT2D eigenvalue weighted by atomic mass is 9.82. The first kappa shape index (κ1) is 24.7. The van der Waals surface area contributed by atoms with E-state index in [4.69, 9.17) is 4.98 Å². The molecular weight excluding hydrogens is 435 g/mol. The van der Waals surface area contributed by atoms with Crippen molar-refractivity contribution in [2.45, 2.75) is 66.2 Å². The summed E-state index contributed by atoms with van der Waals surface area (Å²) >= 11 is 0. The fourth-order valence-electron chi connectivity index (χ4n) is 4.49. The average molecular weight is 469 g/mol. The number of aromatic nitrogens is 2. The fourth-order valence-corrected chi connectivity index (χ4v) is 4.49. The summed E-state index contributed by atoms with van der Waals surface area (Å²) in [4.78, 5) is 23.0. The molecule has 0 fully saturated rings. The van der Waals surface area contributed by atoms with Gasteiger partial charge in [-0.2, -0.15) is 0 Å². The van der Waals surface area contributed by atoms with E-state index >= 15 is 0 Å². The molecule has 180 valence electrons. The number of benzene rings is 3. The van der Waals surface area contributed by atoms with Crippen molar-refractivity contribution in [3.63, 3.8) is 0 Å². The number of rotatable bonds is 6.